The number of aromatic nitrogens is 1. The number of rotatable bonds is 1. The molecule has 66 valence electrons. The van der Waals surface area contributed by atoms with Gasteiger partial charge in [0.15, 0.2) is 0 Å². The highest BCUT2D eigenvalue weighted by Gasteiger charge is 2.05. The summed E-state index contributed by atoms with van der Waals surface area (Å²) in [6.07, 6.45) is 1.68. The monoisotopic (exact) mass is 176 g/mol. The molecule has 2 nitrogen and oxygen atoms in total. The van der Waals surface area contributed by atoms with Crippen LogP contribution in [0.25, 0.3) is 10.9 Å². The molecule has 0 atom stereocenters. The number of nitrogens with two attached hydrogens (primary N) is 1. The summed E-state index contributed by atoms with van der Waals surface area (Å²) >= 11 is 0. The van der Waals surface area contributed by atoms with Crippen molar-refractivity contribution in [3.8, 4) is 0 Å². The van der Waals surface area contributed by atoms with Crippen LogP contribution in [-0.4, -0.2) is 4.98 Å². The van der Waals surface area contributed by atoms with E-state index in [4.69, 9.17) is 5.73 Å². The van der Waals surface area contributed by atoms with E-state index in [1.54, 1.807) is 18.3 Å². The van der Waals surface area contributed by atoms with Crippen LogP contribution in [0.2, 0.25) is 0 Å². The number of nitrogens with zero attached hydrogens (tertiary/aromatic N) is 1. The zero-order valence-electron chi connectivity index (χ0n) is 7.00. The molecule has 0 saturated heterocycles. The lowest BCUT2D eigenvalue weighted by Gasteiger charge is -2.03. The van der Waals surface area contributed by atoms with Crippen LogP contribution in [-0.2, 0) is 6.54 Å². The fourth-order valence-corrected chi connectivity index (χ4v) is 1.39. The highest BCUT2D eigenvalue weighted by atomic mass is 19.1. The minimum atomic E-state index is -0.261. The number of pyridine rings is 1. The van der Waals surface area contributed by atoms with Gasteiger partial charge < -0.3 is 5.73 Å². The summed E-state index contributed by atoms with van der Waals surface area (Å²) in [5.41, 5.74) is 6.76. The number of benzene rings is 1. The third-order valence-electron chi connectivity index (χ3n) is 2.04. The van der Waals surface area contributed by atoms with Crippen LogP contribution in [0.5, 0.6) is 0 Å². The van der Waals surface area contributed by atoms with Crippen LogP contribution < -0.4 is 5.73 Å². The number of halogens is 1. The molecular weight excluding hydrogens is 167 g/mol. The van der Waals surface area contributed by atoms with Crippen LogP contribution in [0.4, 0.5) is 4.39 Å². The zero-order chi connectivity index (χ0) is 9.26. The van der Waals surface area contributed by atoms with E-state index < -0.39 is 0 Å². The lowest BCUT2D eigenvalue weighted by atomic mass is 10.1. The highest BCUT2D eigenvalue weighted by molar-refractivity contribution is 5.82. The molecule has 0 unspecified atom stereocenters. The number of hydrogen-bond donors (Lipinski definition) is 1. The van der Waals surface area contributed by atoms with Gasteiger partial charge in [-0.05, 0) is 18.2 Å². The van der Waals surface area contributed by atoms with E-state index in [0.717, 1.165) is 10.9 Å². The Hall–Kier alpha value is -1.48. The summed E-state index contributed by atoms with van der Waals surface area (Å²) in [6, 6.07) is 6.66. The van der Waals surface area contributed by atoms with Crippen molar-refractivity contribution in [3.63, 3.8) is 0 Å². The Morgan fingerprint density at radius 2 is 2.15 bits per heavy atom. The predicted octanol–water partition coefficient (Wildman–Crippen LogP) is 1.83. The molecule has 1 aromatic heterocycles. The average Bonchev–Trinajstić information content (AvgIpc) is 2.18. The first-order chi connectivity index (χ1) is 6.33. The quantitative estimate of drug-likeness (QED) is 0.720. The van der Waals surface area contributed by atoms with Gasteiger partial charge in [0.05, 0.1) is 5.52 Å². The molecule has 0 bridgehead atoms. The third-order valence-corrected chi connectivity index (χ3v) is 2.04. The highest BCUT2D eigenvalue weighted by Crippen LogP contribution is 2.18. The molecule has 1 aromatic carbocycles. The second kappa shape index (κ2) is 3.11. The van der Waals surface area contributed by atoms with Crippen LogP contribution in [0.1, 0.15) is 5.56 Å². The van der Waals surface area contributed by atoms with Gasteiger partial charge >= 0.3 is 0 Å². The SMILES string of the molecule is NCc1c(F)ccc2ncccc12. The molecule has 0 aliphatic rings. The van der Waals surface area contributed by atoms with E-state index in [9.17, 15) is 4.39 Å². The van der Waals surface area contributed by atoms with E-state index in [-0.39, 0.29) is 12.4 Å². The van der Waals surface area contributed by atoms with Crippen LogP contribution in [0.3, 0.4) is 0 Å². The maximum Gasteiger partial charge on any atom is 0.128 e. The summed E-state index contributed by atoms with van der Waals surface area (Å²) in [5.74, 6) is -0.261. The van der Waals surface area contributed by atoms with Gasteiger partial charge in [-0.2, -0.15) is 0 Å². The summed E-state index contributed by atoms with van der Waals surface area (Å²) in [5, 5.41) is 0.796. The fraction of sp³-hybridized carbons (Fsp3) is 0.100. The van der Waals surface area contributed by atoms with Gasteiger partial charge in [0.25, 0.3) is 0 Å². The topological polar surface area (TPSA) is 38.9 Å². The van der Waals surface area contributed by atoms with Crippen molar-refractivity contribution in [1.82, 2.24) is 4.98 Å². The summed E-state index contributed by atoms with van der Waals surface area (Å²) < 4.78 is 13.2. The van der Waals surface area contributed by atoms with Crippen LogP contribution in [0.15, 0.2) is 30.5 Å². The molecule has 13 heavy (non-hydrogen) atoms. The van der Waals surface area contributed by atoms with Crippen molar-refractivity contribution in [2.75, 3.05) is 0 Å². The molecule has 0 amide bonds. The van der Waals surface area contributed by atoms with Crippen LogP contribution >= 0.6 is 0 Å². The summed E-state index contributed by atoms with van der Waals surface area (Å²) in [7, 11) is 0. The lowest BCUT2D eigenvalue weighted by Crippen LogP contribution is -2.01. The second-order valence-corrected chi connectivity index (χ2v) is 2.80. The molecule has 2 N–H and O–H groups in total. The van der Waals surface area contributed by atoms with Gasteiger partial charge in [-0.3, -0.25) is 4.98 Å². The second-order valence-electron chi connectivity index (χ2n) is 2.80. The van der Waals surface area contributed by atoms with Gasteiger partial charge in [0.2, 0.25) is 0 Å². The van der Waals surface area contributed by atoms with Crippen molar-refractivity contribution in [2.24, 2.45) is 5.73 Å². The molecule has 2 aromatic rings. The standard InChI is InChI=1S/C10H9FN2/c11-9-3-4-10-7(8(9)6-12)2-1-5-13-10/h1-5H,6,12H2. The number of hydrogen-bond acceptors (Lipinski definition) is 2. The maximum absolute atomic E-state index is 13.2. The lowest BCUT2D eigenvalue weighted by molar-refractivity contribution is 0.613. The van der Waals surface area contributed by atoms with Gasteiger partial charge in [-0.1, -0.05) is 6.07 Å². The van der Waals surface area contributed by atoms with Crippen molar-refractivity contribution in [1.29, 1.82) is 0 Å². The first kappa shape index (κ1) is 8.13. The van der Waals surface area contributed by atoms with E-state index in [1.807, 2.05) is 6.07 Å². The molecular formula is C10H9FN2. The third kappa shape index (κ3) is 1.27. The maximum atomic E-state index is 13.2. The predicted molar refractivity (Wildman–Crippen MR) is 49.6 cm³/mol. The van der Waals surface area contributed by atoms with Crippen molar-refractivity contribution >= 4 is 10.9 Å². The summed E-state index contributed by atoms with van der Waals surface area (Å²) in [4.78, 5) is 4.11. The van der Waals surface area contributed by atoms with E-state index in [1.165, 1.54) is 6.07 Å². The minimum absolute atomic E-state index is 0.203. The zero-order valence-corrected chi connectivity index (χ0v) is 7.00. The first-order valence-corrected chi connectivity index (χ1v) is 4.05. The van der Waals surface area contributed by atoms with Crippen molar-refractivity contribution in [2.45, 2.75) is 6.54 Å². The smallest absolute Gasteiger partial charge is 0.128 e. The largest absolute Gasteiger partial charge is 0.326 e. The van der Waals surface area contributed by atoms with Gasteiger partial charge in [0, 0.05) is 23.7 Å². The van der Waals surface area contributed by atoms with E-state index in [2.05, 4.69) is 4.98 Å². The Labute approximate surface area is 75.2 Å². The Kier molecular flexibility index (Phi) is 1.94. The van der Waals surface area contributed by atoms with Gasteiger partial charge in [-0.15, -0.1) is 0 Å². The van der Waals surface area contributed by atoms with E-state index in [0.29, 0.717) is 5.56 Å². The van der Waals surface area contributed by atoms with Gasteiger partial charge in [-0.25, -0.2) is 4.39 Å². The van der Waals surface area contributed by atoms with Gasteiger partial charge in [0.1, 0.15) is 5.82 Å². The van der Waals surface area contributed by atoms with Crippen molar-refractivity contribution in [3.05, 3.63) is 41.8 Å². The minimum Gasteiger partial charge on any atom is -0.326 e. The molecule has 0 fully saturated rings. The molecule has 0 spiro atoms. The summed E-state index contributed by atoms with van der Waals surface area (Å²) in [6.45, 7) is 0.203. The Morgan fingerprint density at radius 3 is 2.92 bits per heavy atom. The van der Waals surface area contributed by atoms with Crippen LogP contribution in [0, 0.1) is 5.82 Å². The van der Waals surface area contributed by atoms with E-state index >= 15 is 0 Å². The fourth-order valence-electron chi connectivity index (χ4n) is 1.39. The molecule has 2 rings (SSSR count). The normalized spacial score (nSPS) is 10.6. The Morgan fingerprint density at radius 1 is 1.31 bits per heavy atom. The number of fused-ring (bicyclic) bond motifs is 1. The Bertz CT molecular complexity index is 440. The molecule has 0 saturated carbocycles. The first-order valence-electron chi connectivity index (χ1n) is 4.05. The van der Waals surface area contributed by atoms with Crippen molar-refractivity contribution < 1.29 is 4.39 Å². The molecule has 0 radical (unpaired) electrons. The molecule has 1 heterocycles. The molecule has 3 heteroatoms. The molecule has 0 aliphatic carbocycles. The average molecular weight is 176 g/mol. The molecule has 0 aliphatic heterocycles. The Balaban J connectivity index is 2.84.